The van der Waals surface area contributed by atoms with Crippen LogP contribution in [-0.4, -0.2) is 67.2 Å². The summed E-state index contributed by atoms with van der Waals surface area (Å²) in [6.45, 7) is 2.76. The summed E-state index contributed by atoms with van der Waals surface area (Å²) in [6.07, 6.45) is 2.52. The zero-order valence-electron chi connectivity index (χ0n) is 15.6. The molecule has 1 fully saturated rings. The highest BCUT2D eigenvalue weighted by molar-refractivity contribution is 5.92. The van der Waals surface area contributed by atoms with Crippen molar-refractivity contribution >= 4 is 11.6 Å². The number of likely N-dealkylation sites (tertiary alicyclic amines) is 1. The Morgan fingerprint density at radius 1 is 1.18 bits per heavy atom. The summed E-state index contributed by atoms with van der Waals surface area (Å²) in [5.41, 5.74) is 1.15. The molecule has 10 heteroatoms. The number of piperidine rings is 1. The number of methoxy groups -OCH3 is 1. The van der Waals surface area contributed by atoms with Gasteiger partial charge in [-0.2, -0.15) is 9.61 Å². The normalized spacial score (nSPS) is 17.4. The van der Waals surface area contributed by atoms with E-state index < -0.39 is 0 Å². The number of amides is 1. The van der Waals surface area contributed by atoms with Crippen LogP contribution >= 0.6 is 0 Å². The minimum absolute atomic E-state index is 0.0464. The van der Waals surface area contributed by atoms with Gasteiger partial charge in [0.1, 0.15) is 0 Å². The maximum atomic E-state index is 12.8. The van der Waals surface area contributed by atoms with Crippen molar-refractivity contribution in [2.45, 2.75) is 31.7 Å². The molecule has 2 aliphatic rings. The van der Waals surface area contributed by atoms with Crippen LogP contribution in [0.15, 0.2) is 18.2 Å². The van der Waals surface area contributed by atoms with E-state index in [1.165, 1.54) is 0 Å². The summed E-state index contributed by atoms with van der Waals surface area (Å²) in [4.78, 5) is 14.7. The van der Waals surface area contributed by atoms with Crippen molar-refractivity contribution in [1.82, 2.24) is 34.5 Å². The molecular weight excluding hydrogens is 362 g/mol. The number of carbonyl (C=O) groups excluding carboxylic acids is 1. The van der Waals surface area contributed by atoms with E-state index in [4.69, 9.17) is 9.47 Å². The van der Waals surface area contributed by atoms with Crippen LogP contribution in [0.5, 0.6) is 11.8 Å². The van der Waals surface area contributed by atoms with Crippen molar-refractivity contribution in [2.24, 2.45) is 0 Å². The van der Waals surface area contributed by atoms with Crippen LogP contribution in [0.2, 0.25) is 0 Å². The van der Waals surface area contributed by atoms with Gasteiger partial charge in [-0.25, -0.2) is 4.68 Å². The number of hydrogen-bond acceptors (Lipinski definition) is 7. The number of ether oxygens (including phenoxy) is 2. The van der Waals surface area contributed by atoms with Gasteiger partial charge in [0.05, 0.1) is 13.7 Å². The van der Waals surface area contributed by atoms with E-state index in [0.717, 1.165) is 31.6 Å². The molecule has 0 aliphatic carbocycles. The summed E-state index contributed by atoms with van der Waals surface area (Å²) < 4.78 is 14.3. The Bertz CT molecular complexity index is 996. The van der Waals surface area contributed by atoms with Crippen molar-refractivity contribution in [2.75, 3.05) is 26.8 Å². The predicted octanol–water partition coefficient (Wildman–Crippen LogP) is 1.13. The Balaban J connectivity index is 1.30. The lowest BCUT2D eigenvalue weighted by Crippen LogP contribution is -2.38. The number of hydrogen-bond donors (Lipinski definition) is 0. The Hall–Kier alpha value is -3.17. The van der Waals surface area contributed by atoms with E-state index in [9.17, 15) is 4.79 Å². The lowest BCUT2D eigenvalue weighted by molar-refractivity contribution is 0.0703. The van der Waals surface area contributed by atoms with Gasteiger partial charge >= 0.3 is 0 Å². The number of aryl methyl sites for hydroxylation is 1. The molecule has 3 aromatic rings. The fourth-order valence-corrected chi connectivity index (χ4v) is 3.83. The van der Waals surface area contributed by atoms with Crippen LogP contribution in [0.4, 0.5) is 0 Å². The SMILES string of the molecule is COc1ccc2nnc(C3CCN(C(=O)c4cc5n(n4)CCCO5)CC3)n2n1. The van der Waals surface area contributed by atoms with Crippen LogP contribution < -0.4 is 9.47 Å². The zero-order chi connectivity index (χ0) is 19.1. The summed E-state index contributed by atoms with van der Waals surface area (Å²) in [5, 5.41) is 17.4. The van der Waals surface area contributed by atoms with E-state index in [0.29, 0.717) is 42.8 Å². The van der Waals surface area contributed by atoms with Crippen molar-refractivity contribution in [3.63, 3.8) is 0 Å². The fourth-order valence-electron chi connectivity index (χ4n) is 3.83. The molecule has 146 valence electrons. The highest BCUT2D eigenvalue weighted by Crippen LogP contribution is 2.28. The van der Waals surface area contributed by atoms with Crippen molar-refractivity contribution in [1.29, 1.82) is 0 Å². The second-order valence-electron chi connectivity index (χ2n) is 7.06. The fraction of sp³-hybridized carbons (Fsp3) is 0.500. The largest absolute Gasteiger partial charge is 0.480 e. The van der Waals surface area contributed by atoms with E-state index in [1.54, 1.807) is 28.4 Å². The third-order valence-corrected chi connectivity index (χ3v) is 5.35. The lowest BCUT2D eigenvalue weighted by atomic mass is 9.96. The van der Waals surface area contributed by atoms with Gasteiger partial charge in [0, 0.05) is 44.1 Å². The minimum Gasteiger partial charge on any atom is -0.480 e. The zero-order valence-corrected chi connectivity index (χ0v) is 15.6. The van der Waals surface area contributed by atoms with Gasteiger partial charge in [-0.15, -0.1) is 15.3 Å². The molecule has 1 amide bonds. The molecule has 0 N–H and O–H groups in total. The van der Waals surface area contributed by atoms with Crippen LogP contribution in [0.3, 0.4) is 0 Å². The molecule has 0 atom stereocenters. The van der Waals surface area contributed by atoms with E-state index >= 15 is 0 Å². The average molecular weight is 383 g/mol. The van der Waals surface area contributed by atoms with Crippen LogP contribution in [0.25, 0.3) is 5.65 Å². The molecule has 1 saturated heterocycles. The first-order valence-electron chi connectivity index (χ1n) is 9.49. The van der Waals surface area contributed by atoms with Crippen molar-refractivity contribution in [3.8, 4) is 11.8 Å². The second-order valence-corrected chi connectivity index (χ2v) is 7.06. The predicted molar refractivity (Wildman–Crippen MR) is 97.6 cm³/mol. The molecule has 3 aromatic heterocycles. The van der Waals surface area contributed by atoms with Gasteiger partial charge in [-0.3, -0.25) is 4.79 Å². The Morgan fingerprint density at radius 2 is 2.04 bits per heavy atom. The molecule has 0 spiro atoms. The van der Waals surface area contributed by atoms with Gasteiger partial charge in [0.15, 0.2) is 17.2 Å². The standard InChI is InChI=1S/C18H21N7O3/c1-27-15-4-3-14-19-20-17(25(14)22-15)12-5-8-23(9-6-12)18(26)13-11-16-24(21-13)7-2-10-28-16/h3-4,11-12H,2,5-10H2,1H3. The number of nitrogens with zero attached hydrogens (tertiary/aromatic N) is 7. The number of fused-ring (bicyclic) bond motifs is 2. The molecule has 0 bridgehead atoms. The highest BCUT2D eigenvalue weighted by atomic mass is 16.5. The minimum atomic E-state index is -0.0464. The molecular formula is C18H21N7O3. The summed E-state index contributed by atoms with van der Waals surface area (Å²) in [6, 6.07) is 5.35. The van der Waals surface area contributed by atoms with Gasteiger partial charge in [-0.05, 0) is 18.9 Å². The molecule has 0 radical (unpaired) electrons. The van der Waals surface area contributed by atoms with E-state index in [2.05, 4.69) is 20.4 Å². The first-order valence-corrected chi connectivity index (χ1v) is 9.49. The van der Waals surface area contributed by atoms with Crippen LogP contribution in [0, 0.1) is 0 Å². The van der Waals surface area contributed by atoms with E-state index in [1.807, 2.05) is 11.0 Å². The Labute approximate surface area is 161 Å². The van der Waals surface area contributed by atoms with Gasteiger partial charge in [0.2, 0.25) is 11.8 Å². The summed E-state index contributed by atoms with van der Waals surface area (Å²) in [7, 11) is 1.58. The van der Waals surface area contributed by atoms with Crippen molar-refractivity contribution < 1.29 is 14.3 Å². The molecule has 0 saturated carbocycles. The number of aromatic nitrogens is 6. The molecule has 5 heterocycles. The van der Waals surface area contributed by atoms with Gasteiger partial charge in [-0.1, -0.05) is 0 Å². The van der Waals surface area contributed by atoms with Gasteiger partial charge in [0.25, 0.3) is 5.91 Å². The molecule has 28 heavy (non-hydrogen) atoms. The monoisotopic (exact) mass is 383 g/mol. The average Bonchev–Trinajstić information content (AvgIpc) is 3.37. The third-order valence-electron chi connectivity index (χ3n) is 5.35. The quantitative estimate of drug-likeness (QED) is 0.668. The molecule has 0 aromatic carbocycles. The lowest BCUT2D eigenvalue weighted by Gasteiger charge is -2.30. The molecule has 10 nitrogen and oxygen atoms in total. The topological polar surface area (TPSA) is 99.7 Å². The molecule has 5 rings (SSSR count). The summed E-state index contributed by atoms with van der Waals surface area (Å²) in [5.74, 6) is 2.16. The molecule has 0 unspecified atom stereocenters. The van der Waals surface area contributed by atoms with Crippen LogP contribution in [-0.2, 0) is 6.54 Å². The Morgan fingerprint density at radius 3 is 2.82 bits per heavy atom. The Kier molecular flexibility index (Phi) is 4.10. The number of rotatable bonds is 3. The van der Waals surface area contributed by atoms with Gasteiger partial charge < -0.3 is 14.4 Å². The maximum Gasteiger partial charge on any atom is 0.274 e. The first-order chi connectivity index (χ1) is 13.7. The highest BCUT2D eigenvalue weighted by Gasteiger charge is 2.29. The first kappa shape index (κ1) is 17.0. The van der Waals surface area contributed by atoms with E-state index in [-0.39, 0.29) is 11.8 Å². The van der Waals surface area contributed by atoms with Crippen molar-refractivity contribution in [3.05, 3.63) is 29.7 Å². The molecule has 2 aliphatic heterocycles. The third kappa shape index (κ3) is 2.85. The summed E-state index contributed by atoms with van der Waals surface area (Å²) >= 11 is 0. The van der Waals surface area contributed by atoms with Crippen LogP contribution in [0.1, 0.15) is 41.5 Å². The smallest absolute Gasteiger partial charge is 0.274 e. The maximum absolute atomic E-state index is 12.8. The number of carbonyl (C=O) groups is 1. The second kappa shape index (κ2) is 6.77.